The number of benzene rings is 2. The third-order valence-corrected chi connectivity index (χ3v) is 6.70. The van der Waals surface area contributed by atoms with E-state index in [1.165, 1.54) is 10.8 Å². The van der Waals surface area contributed by atoms with Crippen LogP contribution in [0.3, 0.4) is 0 Å². The van der Waals surface area contributed by atoms with Gasteiger partial charge in [-0.1, -0.05) is 18.2 Å². The lowest BCUT2D eigenvalue weighted by Crippen LogP contribution is -2.47. The predicted molar refractivity (Wildman–Crippen MR) is 144 cm³/mol. The van der Waals surface area contributed by atoms with Crippen LogP contribution in [0.2, 0.25) is 0 Å². The summed E-state index contributed by atoms with van der Waals surface area (Å²) in [5.74, 6) is -1.79. The zero-order chi connectivity index (χ0) is 27.0. The summed E-state index contributed by atoms with van der Waals surface area (Å²) in [5, 5.41) is 20.9. The monoisotopic (exact) mass is 517 g/mol. The van der Waals surface area contributed by atoms with Gasteiger partial charge in [0, 0.05) is 50.8 Å². The number of halogens is 1. The summed E-state index contributed by atoms with van der Waals surface area (Å²) in [6.07, 6.45) is 2.91. The Hall–Kier alpha value is -4.44. The Morgan fingerprint density at radius 2 is 1.74 bits per heavy atom. The Kier molecular flexibility index (Phi) is 6.73. The van der Waals surface area contributed by atoms with Crippen molar-refractivity contribution < 1.29 is 19.4 Å². The molecule has 4 aromatic rings. The summed E-state index contributed by atoms with van der Waals surface area (Å²) in [6, 6.07) is 14.0. The van der Waals surface area contributed by atoms with E-state index in [0.717, 1.165) is 17.4 Å². The molecule has 9 nitrogen and oxygen atoms in total. The fraction of sp³-hybridized carbons (Fsp3) is 0.250. The first kappa shape index (κ1) is 25.2. The van der Waals surface area contributed by atoms with Crippen molar-refractivity contribution in [1.29, 1.82) is 0 Å². The number of aromatic carboxylic acids is 1. The number of hydrogen-bond acceptors (Lipinski definition) is 7. The van der Waals surface area contributed by atoms with Gasteiger partial charge < -0.3 is 29.5 Å². The highest BCUT2D eigenvalue weighted by atomic mass is 19.1. The molecule has 1 saturated heterocycles. The zero-order valence-electron chi connectivity index (χ0n) is 21.1. The number of aromatic hydroxyl groups is 1. The van der Waals surface area contributed by atoms with Gasteiger partial charge in [-0.25, -0.2) is 14.2 Å². The number of phenolic OH excluding ortho intramolecular Hbond substituents is 1. The Bertz CT molecular complexity index is 1550. The number of nitrogens with zero attached hydrogens (tertiary/aromatic N) is 5. The van der Waals surface area contributed by atoms with E-state index in [4.69, 9.17) is 0 Å². The molecular weight excluding hydrogens is 489 g/mol. The quantitative estimate of drug-likeness (QED) is 0.402. The highest BCUT2D eigenvalue weighted by Gasteiger charge is 2.27. The molecule has 0 atom stereocenters. The summed E-state index contributed by atoms with van der Waals surface area (Å²) >= 11 is 0. The van der Waals surface area contributed by atoms with Crippen molar-refractivity contribution >= 4 is 28.4 Å². The highest BCUT2D eigenvalue weighted by molar-refractivity contribution is 5.97. The number of carboxylic acids is 1. The van der Waals surface area contributed by atoms with Gasteiger partial charge >= 0.3 is 5.97 Å². The Balaban J connectivity index is 1.60. The highest BCUT2D eigenvalue weighted by Crippen LogP contribution is 2.38. The topological polar surface area (TPSA) is 102 Å². The number of aromatic nitrogens is 2. The van der Waals surface area contributed by atoms with Gasteiger partial charge in [-0.15, -0.1) is 0 Å². The fourth-order valence-electron chi connectivity index (χ4n) is 4.91. The maximum atomic E-state index is 15.5. The summed E-state index contributed by atoms with van der Waals surface area (Å²) in [4.78, 5) is 35.1. The second-order valence-electron chi connectivity index (χ2n) is 9.57. The first-order valence-corrected chi connectivity index (χ1v) is 12.2. The number of phenols is 1. The Labute approximate surface area is 218 Å². The molecule has 10 heteroatoms. The van der Waals surface area contributed by atoms with Crippen molar-refractivity contribution in [3.05, 3.63) is 88.1 Å². The number of anilines is 2. The van der Waals surface area contributed by atoms with Gasteiger partial charge in [0.05, 0.1) is 5.39 Å². The molecule has 2 aromatic carbocycles. The van der Waals surface area contributed by atoms with Crippen molar-refractivity contribution in [3.8, 4) is 11.4 Å². The van der Waals surface area contributed by atoms with E-state index in [-0.39, 0.29) is 16.6 Å². The summed E-state index contributed by atoms with van der Waals surface area (Å²) < 4.78 is 16.9. The molecule has 0 aliphatic carbocycles. The van der Waals surface area contributed by atoms with E-state index in [9.17, 15) is 19.8 Å². The number of hydrogen-bond donors (Lipinski definition) is 2. The summed E-state index contributed by atoms with van der Waals surface area (Å²) in [5.41, 5.74) is 0.249. The number of piperazine rings is 1. The molecule has 196 valence electrons. The normalized spacial score (nSPS) is 13.9. The van der Waals surface area contributed by atoms with Crippen LogP contribution in [-0.4, -0.2) is 70.9 Å². The molecule has 0 saturated carbocycles. The number of fused-ring (bicyclic) bond motifs is 1. The van der Waals surface area contributed by atoms with Crippen LogP contribution in [0.15, 0.2) is 65.7 Å². The molecular formula is C28H28FN5O4. The number of carbonyl (C=O) groups is 1. The SMILES string of the molecule is CN(C)Cc1ccc(-n2cc(C(=O)O)c(=O)c3cc(F)c(N4CCN(c5ccccn5)CC4)c(O)c32)cc1. The lowest BCUT2D eigenvalue weighted by atomic mass is 10.1. The van der Waals surface area contributed by atoms with E-state index < -0.39 is 28.5 Å². The van der Waals surface area contributed by atoms with E-state index >= 15 is 4.39 Å². The van der Waals surface area contributed by atoms with Crippen LogP contribution in [0.4, 0.5) is 15.9 Å². The van der Waals surface area contributed by atoms with Crippen LogP contribution in [0, 0.1) is 5.82 Å². The first-order valence-electron chi connectivity index (χ1n) is 12.2. The number of rotatable bonds is 6. The number of pyridine rings is 2. The zero-order valence-corrected chi connectivity index (χ0v) is 21.1. The Morgan fingerprint density at radius 1 is 1.05 bits per heavy atom. The minimum atomic E-state index is -1.43. The third kappa shape index (κ3) is 4.66. The fourth-order valence-corrected chi connectivity index (χ4v) is 4.91. The number of carboxylic acid groups (broad SMARTS) is 1. The van der Waals surface area contributed by atoms with Crippen molar-refractivity contribution in [1.82, 2.24) is 14.5 Å². The van der Waals surface area contributed by atoms with E-state index in [0.29, 0.717) is 38.4 Å². The molecule has 1 aliphatic heterocycles. The average molecular weight is 518 g/mol. The predicted octanol–water partition coefficient (Wildman–Crippen LogP) is 3.32. The molecule has 1 fully saturated rings. The van der Waals surface area contributed by atoms with Gasteiger partial charge in [-0.05, 0) is 50.0 Å². The smallest absolute Gasteiger partial charge is 0.341 e. The van der Waals surface area contributed by atoms with Crippen molar-refractivity contribution in [3.63, 3.8) is 0 Å². The molecule has 3 heterocycles. The summed E-state index contributed by atoms with van der Waals surface area (Å²) in [7, 11) is 3.90. The minimum Gasteiger partial charge on any atom is -0.504 e. The maximum Gasteiger partial charge on any atom is 0.341 e. The lowest BCUT2D eigenvalue weighted by molar-refractivity contribution is 0.0695. The van der Waals surface area contributed by atoms with E-state index in [1.807, 2.05) is 49.3 Å². The molecule has 0 amide bonds. The van der Waals surface area contributed by atoms with Crippen molar-refractivity contribution in [2.45, 2.75) is 6.54 Å². The molecule has 2 N–H and O–H groups in total. The second-order valence-corrected chi connectivity index (χ2v) is 9.57. The van der Waals surface area contributed by atoms with Gasteiger partial charge in [-0.2, -0.15) is 0 Å². The van der Waals surface area contributed by atoms with Crippen LogP contribution >= 0.6 is 0 Å². The lowest BCUT2D eigenvalue weighted by Gasteiger charge is -2.37. The third-order valence-electron chi connectivity index (χ3n) is 6.70. The Morgan fingerprint density at radius 3 is 2.34 bits per heavy atom. The van der Waals surface area contributed by atoms with Crippen LogP contribution in [0.5, 0.6) is 5.75 Å². The van der Waals surface area contributed by atoms with Crippen LogP contribution in [-0.2, 0) is 6.54 Å². The standard InChI is InChI=1S/C28H28FN5O4/c1-31(2)16-18-6-8-19(9-7-18)34-17-21(28(37)38)26(35)20-15-22(29)25(27(36)24(20)34)33-13-11-32(12-14-33)23-5-3-4-10-30-23/h3-10,15,17,36H,11-14,16H2,1-2H3,(H,37,38). The molecule has 1 aliphatic rings. The van der Waals surface area contributed by atoms with Crippen LogP contribution < -0.4 is 15.2 Å². The van der Waals surface area contributed by atoms with Gasteiger partial charge in [0.25, 0.3) is 0 Å². The minimum absolute atomic E-state index is 0.0152. The molecule has 0 unspecified atom stereocenters. The second kappa shape index (κ2) is 10.1. The van der Waals surface area contributed by atoms with Gasteiger partial charge in [0.2, 0.25) is 5.43 Å². The van der Waals surface area contributed by atoms with Crippen molar-refractivity contribution in [2.75, 3.05) is 50.1 Å². The van der Waals surface area contributed by atoms with E-state index in [2.05, 4.69) is 9.88 Å². The van der Waals surface area contributed by atoms with Crippen LogP contribution in [0.25, 0.3) is 16.6 Å². The van der Waals surface area contributed by atoms with E-state index in [1.54, 1.807) is 23.2 Å². The van der Waals surface area contributed by atoms with Gasteiger partial charge in [0.1, 0.15) is 22.6 Å². The van der Waals surface area contributed by atoms with Gasteiger partial charge in [-0.3, -0.25) is 4.79 Å². The maximum absolute atomic E-state index is 15.5. The summed E-state index contributed by atoms with van der Waals surface area (Å²) in [6.45, 7) is 2.67. The van der Waals surface area contributed by atoms with Crippen molar-refractivity contribution in [2.24, 2.45) is 0 Å². The largest absolute Gasteiger partial charge is 0.504 e. The van der Waals surface area contributed by atoms with Crippen LogP contribution in [0.1, 0.15) is 15.9 Å². The molecule has 0 radical (unpaired) electrons. The average Bonchev–Trinajstić information content (AvgIpc) is 2.90. The molecule has 2 aromatic heterocycles. The van der Waals surface area contributed by atoms with Gasteiger partial charge in [0.15, 0.2) is 11.6 Å². The molecule has 5 rings (SSSR count). The molecule has 0 spiro atoms. The first-order chi connectivity index (χ1) is 18.2. The molecule has 38 heavy (non-hydrogen) atoms. The molecule has 0 bridgehead atoms.